The van der Waals surface area contributed by atoms with Crippen molar-refractivity contribution in [3.05, 3.63) is 53.1 Å². The second-order valence-corrected chi connectivity index (χ2v) is 7.72. The summed E-state index contributed by atoms with van der Waals surface area (Å²) < 4.78 is 15.6. The molecule has 1 fully saturated rings. The van der Waals surface area contributed by atoms with E-state index in [1.54, 1.807) is 27.6 Å². The maximum Gasteiger partial charge on any atom is 0.253 e. The van der Waals surface area contributed by atoms with Crippen LogP contribution in [0.2, 0.25) is 0 Å². The first-order chi connectivity index (χ1) is 13.0. The summed E-state index contributed by atoms with van der Waals surface area (Å²) in [6, 6.07) is 8.75. The van der Waals surface area contributed by atoms with Crippen LogP contribution in [-0.4, -0.2) is 42.2 Å². The van der Waals surface area contributed by atoms with Crippen molar-refractivity contribution in [1.29, 1.82) is 0 Å². The van der Waals surface area contributed by atoms with Gasteiger partial charge in [-0.1, -0.05) is 30.0 Å². The van der Waals surface area contributed by atoms with Crippen molar-refractivity contribution in [2.45, 2.75) is 44.4 Å². The number of thioether (sulfide) groups is 1. The molecule has 6 nitrogen and oxygen atoms in total. The van der Waals surface area contributed by atoms with Crippen LogP contribution in [0.25, 0.3) is 5.78 Å². The molecule has 0 aliphatic heterocycles. The Hall–Kier alpha value is -2.48. The van der Waals surface area contributed by atoms with E-state index in [1.807, 2.05) is 19.9 Å². The summed E-state index contributed by atoms with van der Waals surface area (Å²) in [7, 11) is 0. The number of carbonyl (C=O) groups excluding carboxylic acids is 1. The Labute approximate surface area is 160 Å². The standard InChI is InChI=1S/C19H20FN5OS/c1-12-9-13(2)25-18(21-12)22-19(23-25)27-11-17(26)24(15-7-8-15)10-14-5-3-4-6-16(14)20/h3-6,9,15H,7-8,10-11H2,1-2H3. The highest BCUT2D eigenvalue weighted by molar-refractivity contribution is 7.99. The van der Waals surface area contributed by atoms with Crippen LogP contribution in [0.4, 0.5) is 4.39 Å². The monoisotopic (exact) mass is 385 g/mol. The first-order valence-electron chi connectivity index (χ1n) is 8.88. The minimum absolute atomic E-state index is 0.0227. The minimum Gasteiger partial charge on any atom is -0.335 e. The molecular weight excluding hydrogens is 365 g/mol. The molecule has 1 aromatic carbocycles. The van der Waals surface area contributed by atoms with E-state index in [-0.39, 0.29) is 23.5 Å². The zero-order chi connectivity index (χ0) is 19.0. The molecule has 3 aromatic rings. The largest absolute Gasteiger partial charge is 0.335 e. The second kappa shape index (κ2) is 7.26. The highest BCUT2D eigenvalue weighted by atomic mass is 32.2. The van der Waals surface area contributed by atoms with Crippen molar-refractivity contribution in [1.82, 2.24) is 24.5 Å². The van der Waals surface area contributed by atoms with Gasteiger partial charge < -0.3 is 4.90 Å². The summed E-state index contributed by atoms with van der Waals surface area (Å²) in [6.07, 6.45) is 1.94. The van der Waals surface area contributed by atoms with Crippen molar-refractivity contribution >= 4 is 23.4 Å². The highest BCUT2D eigenvalue weighted by Gasteiger charge is 2.33. The number of carbonyl (C=O) groups is 1. The van der Waals surface area contributed by atoms with Gasteiger partial charge >= 0.3 is 0 Å². The maximum atomic E-state index is 14.0. The van der Waals surface area contributed by atoms with Crippen LogP contribution in [-0.2, 0) is 11.3 Å². The molecule has 1 aliphatic rings. The van der Waals surface area contributed by atoms with Gasteiger partial charge in [0.1, 0.15) is 5.82 Å². The lowest BCUT2D eigenvalue weighted by molar-refractivity contribution is -0.129. The summed E-state index contributed by atoms with van der Waals surface area (Å²) >= 11 is 1.29. The number of nitrogens with zero attached hydrogens (tertiary/aromatic N) is 5. The van der Waals surface area contributed by atoms with Crippen molar-refractivity contribution in [3.63, 3.8) is 0 Å². The molecule has 0 radical (unpaired) electrons. The van der Waals surface area contributed by atoms with E-state index in [2.05, 4.69) is 15.1 Å². The average Bonchev–Trinajstić information content (AvgIpc) is 3.38. The normalized spacial score (nSPS) is 13.9. The van der Waals surface area contributed by atoms with Gasteiger partial charge in [-0.25, -0.2) is 13.9 Å². The Kier molecular flexibility index (Phi) is 4.82. The van der Waals surface area contributed by atoms with Crippen molar-refractivity contribution in [3.8, 4) is 0 Å². The molecule has 0 spiro atoms. The second-order valence-electron chi connectivity index (χ2n) is 6.78. The van der Waals surface area contributed by atoms with E-state index in [1.165, 1.54) is 17.8 Å². The van der Waals surface area contributed by atoms with Crippen LogP contribution in [0.3, 0.4) is 0 Å². The lowest BCUT2D eigenvalue weighted by Crippen LogP contribution is -2.34. The summed E-state index contributed by atoms with van der Waals surface area (Å²) in [5, 5.41) is 4.94. The Morgan fingerprint density at radius 3 is 2.81 bits per heavy atom. The van der Waals surface area contributed by atoms with Gasteiger partial charge in [0.05, 0.1) is 5.75 Å². The van der Waals surface area contributed by atoms with Crippen LogP contribution < -0.4 is 0 Å². The third-order valence-corrected chi connectivity index (χ3v) is 5.35. The van der Waals surface area contributed by atoms with E-state index in [4.69, 9.17) is 0 Å². The van der Waals surface area contributed by atoms with Gasteiger partial charge in [-0.3, -0.25) is 4.79 Å². The molecular formula is C19H20FN5OS. The lowest BCUT2D eigenvalue weighted by atomic mass is 10.2. The molecule has 140 valence electrons. The van der Waals surface area contributed by atoms with E-state index in [0.29, 0.717) is 23.0 Å². The molecule has 0 saturated heterocycles. The molecule has 1 amide bonds. The number of fused-ring (bicyclic) bond motifs is 1. The van der Waals surface area contributed by atoms with Crippen LogP contribution in [0.1, 0.15) is 29.8 Å². The van der Waals surface area contributed by atoms with Gasteiger partial charge in [-0.05, 0) is 38.8 Å². The fourth-order valence-electron chi connectivity index (χ4n) is 3.04. The molecule has 0 N–H and O–H groups in total. The fraction of sp³-hybridized carbons (Fsp3) is 0.368. The van der Waals surface area contributed by atoms with Crippen LogP contribution >= 0.6 is 11.8 Å². The Bertz CT molecular complexity index is 1000. The van der Waals surface area contributed by atoms with Crippen LogP contribution in [0.15, 0.2) is 35.5 Å². The molecule has 2 aromatic heterocycles. The number of hydrogen-bond acceptors (Lipinski definition) is 5. The Morgan fingerprint density at radius 1 is 1.30 bits per heavy atom. The first kappa shape index (κ1) is 17.9. The van der Waals surface area contributed by atoms with E-state index in [9.17, 15) is 9.18 Å². The molecule has 8 heteroatoms. The van der Waals surface area contributed by atoms with Crippen molar-refractivity contribution in [2.24, 2.45) is 0 Å². The number of rotatable bonds is 6. The molecule has 1 saturated carbocycles. The van der Waals surface area contributed by atoms with Gasteiger partial charge in [-0.15, -0.1) is 5.10 Å². The zero-order valence-corrected chi connectivity index (χ0v) is 16.0. The summed E-state index contributed by atoms with van der Waals surface area (Å²) in [5.74, 6) is 0.459. The predicted octanol–water partition coefficient (Wildman–Crippen LogP) is 3.16. The molecule has 27 heavy (non-hydrogen) atoms. The van der Waals surface area contributed by atoms with Gasteiger partial charge in [0.15, 0.2) is 0 Å². The molecule has 0 atom stereocenters. The number of aromatic nitrogens is 4. The smallest absolute Gasteiger partial charge is 0.253 e. The van der Waals surface area contributed by atoms with Crippen molar-refractivity contribution < 1.29 is 9.18 Å². The van der Waals surface area contributed by atoms with Crippen LogP contribution in [0.5, 0.6) is 0 Å². The average molecular weight is 385 g/mol. The zero-order valence-electron chi connectivity index (χ0n) is 15.2. The summed E-state index contributed by atoms with van der Waals surface area (Å²) in [5.41, 5.74) is 2.37. The number of amides is 1. The third-order valence-electron chi connectivity index (χ3n) is 4.53. The van der Waals surface area contributed by atoms with E-state index < -0.39 is 0 Å². The SMILES string of the molecule is Cc1cc(C)n2nc(SCC(=O)N(Cc3ccccc3F)C3CC3)nc2n1. The van der Waals surface area contributed by atoms with Gasteiger partial charge in [-0.2, -0.15) is 4.98 Å². The number of hydrogen-bond donors (Lipinski definition) is 0. The molecule has 2 heterocycles. The summed E-state index contributed by atoms with van der Waals surface area (Å²) in [4.78, 5) is 23.3. The molecule has 0 unspecified atom stereocenters. The predicted molar refractivity (Wildman–Crippen MR) is 101 cm³/mol. The van der Waals surface area contributed by atoms with Gasteiger partial charge in [0.2, 0.25) is 11.1 Å². The number of benzene rings is 1. The Balaban J connectivity index is 1.46. The Morgan fingerprint density at radius 2 is 2.07 bits per heavy atom. The molecule has 0 bridgehead atoms. The highest BCUT2D eigenvalue weighted by Crippen LogP contribution is 2.30. The molecule has 4 rings (SSSR count). The topological polar surface area (TPSA) is 63.4 Å². The number of aryl methyl sites for hydroxylation is 2. The van der Waals surface area contributed by atoms with Gasteiger partial charge in [0, 0.05) is 29.5 Å². The summed E-state index contributed by atoms with van der Waals surface area (Å²) in [6.45, 7) is 4.16. The maximum absolute atomic E-state index is 14.0. The van der Waals surface area contributed by atoms with E-state index in [0.717, 1.165) is 24.2 Å². The van der Waals surface area contributed by atoms with Crippen molar-refractivity contribution in [2.75, 3.05) is 5.75 Å². The quantitative estimate of drug-likeness (QED) is 0.610. The fourth-order valence-corrected chi connectivity index (χ4v) is 3.74. The number of halogens is 1. The third kappa shape index (κ3) is 3.95. The van der Waals surface area contributed by atoms with E-state index >= 15 is 0 Å². The minimum atomic E-state index is -0.275. The lowest BCUT2D eigenvalue weighted by Gasteiger charge is -2.22. The van der Waals surface area contributed by atoms with Gasteiger partial charge in [0.25, 0.3) is 5.78 Å². The molecule has 1 aliphatic carbocycles. The first-order valence-corrected chi connectivity index (χ1v) is 9.86. The van der Waals surface area contributed by atoms with Crippen LogP contribution in [0, 0.1) is 19.7 Å².